The molecule has 84 valence electrons. The highest BCUT2D eigenvalue weighted by Gasteiger charge is 2.17. The lowest BCUT2D eigenvalue weighted by Crippen LogP contribution is -2.45. The normalized spacial score (nSPS) is 13.1. The maximum atomic E-state index is 11.0. The van der Waals surface area contributed by atoms with Crippen LogP contribution in [0.1, 0.15) is 6.92 Å². The fourth-order valence-corrected chi connectivity index (χ4v) is 1.10. The molecule has 1 amide bonds. The molecule has 0 fully saturated rings. The van der Waals surface area contributed by atoms with E-state index in [1.807, 2.05) is 4.90 Å². The van der Waals surface area contributed by atoms with Crippen LogP contribution < -0.4 is 5.73 Å². The molecule has 14 heavy (non-hydrogen) atoms. The van der Waals surface area contributed by atoms with Crippen LogP contribution in [-0.4, -0.2) is 57.4 Å². The molecule has 0 heterocycles. The van der Waals surface area contributed by atoms with Gasteiger partial charge in [-0.1, -0.05) is 0 Å². The highest BCUT2D eigenvalue weighted by atomic mass is 16.5. The van der Waals surface area contributed by atoms with Crippen molar-refractivity contribution in [2.24, 2.45) is 5.73 Å². The molecule has 0 bridgehead atoms. The lowest BCUT2D eigenvalue weighted by Gasteiger charge is -2.26. The Morgan fingerprint density at radius 2 is 1.71 bits per heavy atom. The molecule has 0 saturated carbocycles. The Morgan fingerprint density at radius 3 is 2.00 bits per heavy atom. The molecule has 0 rings (SSSR count). The number of rotatable bonds is 8. The van der Waals surface area contributed by atoms with E-state index in [4.69, 9.17) is 15.2 Å². The van der Waals surface area contributed by atoms with E-state index >= 15 is 0 Å². The van der Waals surface area contributed by atoms with Gasteiger partial charge in [0.1, 0.15) is 0 Å². The van der Waals surface area contributed by atoms with Crippen molar-refractivity contribution >= 4 is 5.91 Å². The number of hydrogen-bond acceptors (Lipinski definition) is 4. The Bertz CT molecular complexity index is 156. The van der Waals surface area contributed by atoms with Gasteiger partial charge in [-0.3, -0.25) is 9.69 Å². The molecule has 1 atom stereocenters. The smallest absolute Gasteiger partial charge is 0.234 e. The number of nitrogens with zero attached hydrogens (tertiary/aromatic N) is 1. The second-order valence-electron chi connectivity index (χ2n) is 3.10. The zero-order valence-corrected chi connectivity index (χ0v) is 9.16. The van der Waals surface area contributed by atoms with Crippen LogP contribution in [0, 0.1) is 0 Å². The Kier molecular flexibility index (Phi) is 7.37. The topological polar surface area (TPSA) is 64.8 Å². The molecule has 0 aliphatic heterocycles. The third-order valence-electron chi connectivity index (χ3n) is 2.12. The number of nitrogens with two attached hydrogens (primary N) is 1. The molecule has 5 heteroatoms. The van der Waals surface area contributed by atoms with Gasteiger partial charge in [0.25, 0.3) is 0 Å². The van der Waals surface area contributed by atoms with Crippen LogP contribution in [0.25, 0.3) is 0 Å². The number of hydrogen-bond donors (Lipinski definition) is 1. The monoisotopic (exact) mass is 204 g/mol. The van der Waals surface area contributed by atoms with Crippen LogP contribution in [0.5, 0.6) is 0 Å². The van der Waals surface area contributed by atoms with Crippen molar-refractivity contribution in [3.05, 3.63) is 0 Å². The van der Waals surface area contributed by atoms with E-state index in [1.165, 1.54) is 0 Å². The summed E-state index contributed by atoms with van der Waals surface area (Å²) in [5.74, 6) is -0.322. The summed E-state index contributed by atoms with van der Waals surface area (Å²) in [6.07, 6.45) is 0. The molecule has 2 N–H and O–H groups in total. The standard InChI is InChI=1S/C9H20N2O3/c1-8(9(10)12)11(4-6-13-2)5-7-14-3/h8H,4-7H2,1-3H3,(H2,10,12). The number of primary amides is 1. The lowest BCUT2D eigenvalue weighted by molar-refractivity contribution is -0.123. The minimum atomic E-state index is -0.322. The van der Waals surface area contributed by atoms with Crippen LogP contribution in [-0.2, 0) is 14.3 Å². The van der Waals surface area contributed by atoms with Crippen LogP contribution in [0.4, 0.5) is 0 Å². The van der Waals surface area contributed by atoms with E-state index < -0.39 is 0 Å². The van der Waals surface area contributed by atoms with Crippen LogP contribution in [0.2, 0.25) is 0 Å². The van der Waals surface area contributed by atoms with Crippen molar-refractivity contribution in [1.29, 1.82) is 0 Å². The molecule has 5 nitrogen and oxygen atoms in total. The number of ether oxygens (including phenoxy) is 2. The highest BCUT2D eigenvalue weighted by Crippen LogP contribution is 1.98. The predicted molar refractivity (Wildman–Crippen MR) is 54.0 cm³/mol. The fourth-order valence-electron chi connectivity index (χ4n) is 1.10. The van der Waals surface area contributed by atoms with Gasteiger partial charge in [-0.2, -0.15) is 0 Å². The first-order valence-electron chi connectivity index (χ1n) is 4.64. The first-order chi connectivity index (χ1) is 6.63. The van der Waals surface area contributed by atoms with Gasteiger partial charge >= 0.3 is 0 Å². The highest BCUT2D eigenvalue weighted by molar-refractivity contribution is 5.79. The first-order valence-corrected chi connectivity index (χ1v) is 4.64. The minimum Gasteiger partial charge on any atom is -0.383 e. The van der Waals surface area contributed by atoms with Gasteiger partial charge in [-0.15, -0.1) is 0 Å². The molecule has 0 aromatic heterocycles. The molecule has 1 unspecified atom stereocenters. The largest absolute Gasteiger partial charge is 0.383 e. The zero-order valence-electron chi connectivity index (χ0n) is 9.16. The van der Waals surface area contributed by atoms with Crippen molar-refractivity contribution in [1.82, 2.24) is 4.90 Å². The summed E-state index contributed by atoms with van der Waals surface area (Å²) >= 11 is 0. The average molecular weight is 204 g/mol. The van der Waals surface area contributed by atoms with E-state index in [-0.39, 0.29) is 11.9 Å². The second-order valence-corrected chi connectivity index (χ2v) is 3.10. The molecule has 0 spiro atoms. The van der Waals surface area contributed by atoms with Crippen LogP contribution >= 0.6 is 0 Å². The molecular formula is C9H20N2O3. The molecule has 0 radical (unpaired) electrons. The van der Waals surface area contributed by atoms with Gasteiger partial charge in [0.2, 0.25) is 5.91 Å². The number of carbonyl (C=O) groups excluding carboxylic acids is 1. The van der Waals surface area contributed by atoms with Gasteiger partial charge < -0.3 is 15.2 Å². The lowest BCUT2D eigenvalue weighted by atomic mass is 10.2. The summed E-state index contributed by atoms with van der Waals surface area (Å²) in [6.45, 7) is 4.32. The Morgan fingerprint density at radius 1 is 1.29 bits per heavy atom. The summed E-state index contributed by atoms with van der Waals surface area (Å²) in [4.78, 5) is 12.9. The summed E-state index contributed by atoms with van der Waals surface area (Å²) in [7, 11) is 3.26. The molecule has 0 aromatic carbocycles. The average Bonchev–Trinajstić information content (AvgIpc) is 2.17. The molecule has 0 aromatic rings. The summed E-state index contributed by atoms with van der Waals surface area (Å²) in [6, 6.07) is -0.278. The maximum Gasteiger partial charge on any atom is 0.234 e. The van der Waals surface area contributed by atoms with E-state index in [2.05, 4.69) is 0 Å². The summed E-state index contributed by atoms with van der Waals surface area (Å²) in [5.41, 5.74) is 5.22. The van der Waals surface area contributed by atoms with Gasteiger partial charge in [-0.05, 0) is 6.92 Å². The molecule has 0 saturated heterocycles. The number of methoxy groups -OCH3 is 2. The molecule has 0 aliphatic carbocycles. The Hall–Kier alpha value is -0.650. The fraction of sp³-hybridized carbons (Fsp3) is 0.889. The van der Waals surface area contributed by atoms with E-state index in [1.54, 1.807) is 21.1 Å². The predicted octanol–water partition coefficient (Wildman–Crippen LogP) is -0.545. The van der Waals surface area contributed by atoms with Gasteiger partial charge in [0.05, 0.1) is 19.3 Å². The van der Waals surface area contributed by atoms with Crippen LogP contribution in [0.3, 0.4) is 0 Å². The van der Waals surface area contributed by atoms with Crippen molar-refractivity contribution in [3.63, 3.8) is 0 Å². The van der Waals surface area contributed by atoms with Crippen molar-refractivity contribution in [2.45, 2.75) is 13.0 Å². The summed E-state index contributed by atoms with van der Waals surface area (Å²) < 4.78 is 9.90. The van der Waals surface area contributed by atoms with E-state index in [0.717, 1.165) is 0 Å². The Labute approximate surface area is 85.1 Å². The summed E-state index contributed by atoms with van der Waals surface area (Å²) in [5, 5.41) is 0. The third kappa shape index (κ3) is 5.16. The minimum absolute atomic E-state index is 0.278. The molecule has 0 aliphatic rings. The number of carbonyl (C=O) groups is 1. The van der Waals surface area contributed by atoms with E-state index in [9.17, 15) is 4.79 Å². The quantitative estimate of drug-likeness (QED) is 0.576. The number of amides is 1. The molecular weight excluding hydrogens is 184 g/mol. The third-order valence-corrected chi connectivity index (χ3v) is 2.12. The van der Waals surface area contributed by atoms with Gasteiger partial charge in [0.15, 0.2) is 0 Å². The van der Waals surface area contributed by atoms with Gasteiger partial charge in [0, 0.05) is 27.3 Å². The zero-order chi connectivity index (χ0) is 11.0. The second kappa shape index (κ2) is 7.73. The van der Waals surface area contributed by atoms with Gasteiger partial charge in [-0.25, -0.2) is 0 Å². The Balaban J connectivity index is 4.01. The first kappa shape index (κ1) is 13.4. The SMILES string of the molecule is COCCN(CCOC)C(C)C(N)=O. The maximum absolute atomic E-state index is 11.0. The van der Waals surface area contributed by atoms with Crippen molar-refractivity contribution < 1.29 is 14.3 Å². The van der Waals surface area contributed by atoms with Crippen molar-refractivity contribution in [2.75, 3.05) is 40.5 Å². The van der Waals surface area contributed by atoms with Crippen molar-refractivity contribution in [3.8, 4) is 0 Å². The van der Waals surface area contributed by atoms with Crippen LogP contribution in [0.15, 0.2) is 0 Å². The van der Waals surface area contributed by atoms with E-state index in [0.29, 0.717) is 26.3 Å².